The second-order valence-corrected chi connectivity index (χ2v) is 6.14. The Morgan fingerprint density at radius 2 is 2.05 bits per heavy atom. The highest BCUT2D eigenvalue weighted by molar-refractivity contribution is 7.16. The van der Waals surface area contributed by atoms with Crippen LogP contribution in [-0.4, -0.2) is 23.3 Å². The monoisotopic (exact) mass is 310 g/mol. The lowest BCUT2D eigenvalue weighted by atomic mass is 9.99. The Bertz CT molecular complexity index is 597. The Hall–Kier alpha value is -1.30. The highest BCUT2D eigenvalue weighted by Crippen LogP contribution is 2.40. The molecule has 0 amide bonds. The molecule has 4 nitrogen and oxygen atoms in total. The molecule has 0 atom stereocenters. The first-order valence-corrected chi connectivity index (χ1v) is 7.72. The van der Waals surface area contributed by atoms with Crippen LogP contribution in [0, 0.1) is 0 Å². The predicted octanol–water partition coefficient (Wildman–Crippen LogP) is 4.14. The molecule has 1 aliphatic rings. The normalized spacial score (nSPS) is 16.2. The van der Waals surface area contributed by atoms with Crippen LogP contribution >= 0.6 is 22.9 Å². The number of anilines is 2. The lowest BCUT2D eigenvalue weighted by Crippen LogP contribution is -2.13. The molecule has 0 aliphatic carbocycles. The first-order valence-electron chi connectivity index (χ1n) is 6.53. The number of thiazole rings is 1. The van der Waals surface area contributed by atoms with Crippen LogP contribution in [0.3, 0.4) is 0 Å². The number of aromatic nitrogens is 1. The fourth-order valence-corrected chi connectivity index (χ4v) is 3.50. The molecule has 2 aromatic rings. The number of nitrogens with zero attached hydrogens (tertiary/aromatic N) is 1. The summed E-state index contributed by atoms with van der Waals surface area (Å²) >= 11 is 7.59. The SMILES string of the molecule is Oc1nc(Nc2ccccc2Cl)sc1C1CCOCC1. The molecule has 1 fully saturated rings. The second kappa shape index (κ2) is 5.99. The van der Waals surface area contributed by atoms with Gasteiger partial charge in [-0.2, -0.15) is 4.98 Å². The van der Waals surface area contributed by atoms with Crippen LogP contribution in [0.1, 0.15) is 23.6 Å². The maximum absolute atomic E-state index is 10.0. The van der Waals surface area contributed by atoms with E-state index in [1.54, 1.807) is 0 Å². The van der Waals surface area contributed by atoms with Crippen LogP contribution in [-0.2, 0) is 4.74 Å². The van der Waals surface area contributed by atoms with Gasteiger partial charge in [0, 0.05) is 19.1 Å². The van der Waals surface area contributed by atoms with Crippen molar-refractivity contribution in [2.45, 2.75) is 18.8 Å². The number of aromatic hydroxyl groups is 1. The van der Waals surface area contributed by atoms with Gasteiger partial charge >= 0.3 is 0 Å². The summed E-state index contributed by atoms with van der Waals surface area (Å²) in [5.41, 5.74) is 0.793. The van der Waals surface area contributed by atoms with Gasteiger partial charge in [-0.1, -0.05) is 35.1 Å². The topological polar surface area (TPSA) is 54.4 Å². The van der Waals surface area contributed by atoms with Crippen LogP contribution < -0.4 is 5.32 Å². The lowest BCUT2D eigenvalue weighted by Gasteiger charge is -2.20. The standard InChI is InChI=1S/C14H15ClN2O2S/c15-10-3-1-2-4-11(10)16-14-17-13(18)12(20-14)9-5-7-19-8-6-9/h1-4,9,18H,5-8H2,(H,16,17). The number of hydrogen-bond acceptors (Lipinski definition) is 5. The quantitative estimate of drug-likeness (QED) is 0.894. The summed E-state index contributed by atoms with van der Waals surface area (Å²) in [4.78, 5) is 5.12. The third kappa shape index (κ3) is 2.90. The average Bonchev–Trinajstić information content (AvgIpc) is 2.83. The van der Waals surface area contributed by atoms with Crippen LogP contribution in [0.5, 0.6) is 5.88 Å². The van der Waals surface area contributed by atoms with E-state index in [-0.39, 0.29) is 5.88 Å². The highest BCUT2D eigenvalue weighted by Gasteiger charge is 2.23. The third-order valence-electron chi connectivity index (χ3n) is 3.34. The van der Waals surface area contributed by atoms with E-state index in [4.69, 9.17) is 16.3 Å². The zero-order valence-electron chi connectivity index (χ0n) is 10.8. The number of hydrogen-bond donors (Lipinski definition) is 2. The van der Waals surface area contributed by atoms with Crippen molar-refractivity contribution in [3.05, 3.63) is 34.2 Å². The molecule has 106 valence electrons. The van der Waals surface area contributed by atoms with Crippen molar-refractivity contribution in [1.29, 1.82) is 0 Å². The number of rotatable bonds is 3. The van der Waals surface area contributed by atoms with E-state index < -0.39 is 0 Å². The van der Waals surface area contributed by atoms with Gasteiger partial charge in [-0.3, -0.25) is 0 Å². The number of para-hydroxylation sites is 1. The van der Waals surface area contributed by atoms with E-state index >= 15 is 0 Å². The van der Waals surface area contributed by atoms with E-state index in [1.165, 1.54) is 11.3 Å². The maximum atomic E-state index is 10.0. The molecule has 1 aliphatic heterocycles. The van der Waals surface area contributed by atoms with Gasteiger partial charge in [0.2, 0.25) is 5.88 Å². The van der Waals surface area contributed by atoms with Gasteiger partial charge in [-0.15, -0.1) is 0 Å². The first-order chi connectivity index (χ1) is 9.74. The van der Waals surface area contributed by atoms with E-state index in [9.17, 15) is 5.11 Å². The molecule has 1 aromatic carbocycles. The van der Waals surface area contributed by atoms with Crippen LogP contribution in [0.25, 0.3) is 0 Å². The smallest absolute Gasteiger partial charge is 0.227 e. The zero-order chi connectivity index (χ0) is 13.9. The fraction of sp³-hybridized carbons (Fsp3) is 0.357. The minimum Gasteiger partial charge on any atom is -0.492 e. The van der Waals surface area contributed by atoms with E-state index in [0.717, 1.165) is 36.6 Å². The number of nitrogens with one attached hydrogen (secondary N) is 1. The summed E-state index contributed by atoms with van der Waals surface area (Å²) in [5.74, 6) is 0.458. The molecule has 1 saturated heterocycles. The van der Waals surface area contributed by atoms with Gasteiger partial charge in [0.15, 0.2) is 5.13 Å². The average molecular weight is 311 g/mol. The van der Waals surface area contributed by atoms with E-state index in [1.807, 2.05) is 24.3 Å². The zero-order valence-corrected chi connectivity index (χ0v) is 12.4. The Balaban J connectivity index is 1.80. The molecule has 0 spiro atoms. The molecule has 20 heavy (non-hydrogen) atoms. The summed E-state index contributed by atoms with van der Waals surface area (Å²) in [6, 6.07) is 7.48. The number of benzene rings is 1. The molecule has 2 N–H and O–H groups in total. The van der Waals surface area contributed by atoms with Crippen LogP contribution in [0.4, 0.5) is 10.8 Å². The molecular weight excluding hydrogens is 296 g/mol. The van der Waals surface area contributed by atoms with Crippen molar-refractivity contribution in [3.63, 3.8) is 0 Å². The minimum absolute atomic E-state index is 0.122. The van der Waals surface area contributed by atoms with Gasteiger partial charge in [-0.25, -0.2) is 0 Å². The first kappa shape index (κ1) is 13.7. The van der Waals surface area contributed by atoms with Crippen LogP contribution in [0.15, 0.2) is 24.3 Å². The Morgan fingerprint density at radius 1 is 1.30 bits per heavy atom. The van der Waals surface area contributed by atoms with Crippen LogP contribution in [0.2, 0.25) is 5.02 Å². The largest absolute Gasteiger partial charge is 0.492 e. The van der Waals surface area contributed by atoms with Gasteiger partial charge in [0.1, 0.15) is 0 Å². The molecule has 0 radical (unpaired) electrons. The lowest BCUT2D eigenvalue weighted by molar-refractivity contribution is 0.0855. The predicted molar refractivity (Wildman–Crippen MR) is 81.3 cm³/mol. The Morgan fingerprint density at radius 3 is 2.80 bits per heavy atom. The van der Waals surface area contributed by atoms with Crippen molar-refractivity contribution in [2.75, 3.05) is 18.5 Å². The van der Waals surface area contributed by atoms with Crippen molar-refractivity contribution in [3.8, 4) is 5.88 Å². The van der Waals surface area contributed by atoms with Crippen molar-refractivity contribution in [1.82, 2.24) is 4.98 Å². The molecular formula is C14H15ClN2O2S. The highest BCUT2D eigenvalue weighted by atomic mass is 35.5. The van der Waals surface area contributed by atoms with Crippen molar-refractivity contribution in [2.24, 2.45) is 0 Å². The van der Waals surface area contributed by atoms with Gasteiger partial charge in [0.05, 0.1) is 15.6 Å². The summed E-state index contributed by atoms with van der Waals surface area (Å²) in [7, 11) is 0. The summed E-state index contributed by atoms with van der Waals surface area (Å²) in [5, 5.41) is 14.5. The summed E-state index contributed by atoms with van der Waals surface area (Å²) in [6.45, 7) is 1.49. The molecule has 3 rings (SSSR count). The molecule has 0 unspecified atom stereocenters. The van der Waals surface area contributed by atoms with E-state index in [2.05, 4.69) is 10.3 Å². The molecule has 2 heterocycles. The minimum atomic E-state index is 0.122. The summed E-state index contributed by atoms with van der Waals surface area (Å²) in [6.07, 6.45) is 1.86. The molecule has 0 saturated carbocycles. The third-order valence-corrected chi connectivity index (χ3v) is 4.79. The molecule has 6 heteroatoms. The second-order valence-electron chi connectivity index (χ2n) is 4.70. The van der Waals surface area contributed by atoms with Gasteiger partial charge in [0.25, 0.3) is 0 Å². The Kier molecular flexibility index (Phi) is 4.10. The van der Waals surface area contributed by atoms with Crippen molar-refractivity contribution >= 4 is 33.8 Å². The Labute approximate surface area is 126 Å². The number of halogens is 1. The van der Waals surface area contributed by atoms with Crippen molar-refractivity contribution < 1.29 is 9.84 Å². The fourth-order valence-electron chi connectivity index (χ4n) is 2.28. The van der Waals surface area contributed by atoms with Gasteiger partial charge < -0.3 is 15.2 Å². The van der Waals surface area contributed by atoms with E-state index in [0.29, 0.717) is 16.1 Å². The molecule has 1 aromatic heterocycles. The molecule has 0 bridgehead atoms. The number of ether oxygens (including phenoxy) is 1. The summed E-state index contributed by atoms with van der Waals surface area (Å²) < 4.78 is 5.35. The maximum Gasteiger partial charge on any atom is 0.227 e. The van der Waals surface area contributed by atoms with Gasteiger partial charge in [-0.05, 0) is 25.0 Å².